The standard InChI is InChI=1S/C28H18ClF3N2O4S2/c29-15-10-11-19(38-13-14-6-2-1-3-7-14)16(12-15)20-21-23(39-24-22(20)40-27(37)33-24)26(36)34(25(21)35)18-9-5-4-8-17(18)28(30,31)32/h1-12,20-21,23H,13H2,(H,33,37). The Balaban J connectivity index is 1.47. The predicted octanol–water partition coefficient (Wildman–Crippen LogP) is 6.48. The van der Waals surface area contributed by atoms with E-state index in [1.54, 1.807) is 18.2 Å². The quantitative estimate of drug-likeness (QED) is 0.264. The van der Waals surface area contributed by atoms with E-state index < -0.39 is 46.3 Å². The number of thioether (sulfide) groups is 1. The summed E-state index contributed by atoms with van der Waals surface area (Å²) in [7, 11) is 0. The molecule has 1 fully saturated rings. The molecule has 3 atom stereocenters. The molecule has 12 heteroatoms. The Morgan fingerprint density at radius 3 is 2.42 bits per heavy atom. The van der Waals surface area contributed by atoms with E-state index in [2.05, 4.69) is 4.98 Å². The fourth-order valence-corrected chi connectivity index (χ4v) is 7.81. The number of ether oxygens (including phenoxy) is 1. The minimum atomic E-state index is -4.79. The number of halogens is 4. The number of thiazole rings is 1. The number of benzene rings is 3. The van der Waals surface area contributed by atoms with Crippen molar-refractivity contribution < 1.29 is 27.5 Å². The number of carbonyl (C=O) groups is 2. The summed E-state index contributed by atoms with van der Waals surface area (Å²) in [6.45, 7) is 0.194. The number of fused-ring (bicyclic) bond motifs is 2. The molecule has 6 nitrogen and oxygen atoms in total. The molecule has 2 aliphatic rings. The second-order valence-corrected chi connectivity index (χ2v) is 11.8. The van der Waals surface area contributed by atoms with Gasteiger partial charge in [0.1, 0.15) is 17.6 Å². The second kappa shape index (κ2) is 10.1. The van der Waals surface area contributed by atoms with Gasteiger partial charge in [-0.3, -0.25) is 14.4 Å². The SMILES string of the molecule is O=C1C2Sc3[nH]c(=O)sc3C(c3cc(Cl)ccc3OCc3ccccc3)C2C(=O)N1c1ccccc1C(F)(F)F. The summed E-state index contributed by atoms with van der Waals surface area (Å²) in [5, 5.41) is -0.350. The average molecular weight is 603 g/mol. The van der Waals surface area contributed by atoms with E-state index in [-0.39, 0.29) is 11.5 Å². The van der Waals surface area contributed by atoms with E-state index in [1.165, 1.54) is 12.1 Å². The molecule has 204 valence electrons. The third kappa shape index (κ3) is 4.61. The topological polar surface area (TPSA) is 79.5 Å². The van der Waals surface area contributed by atoms with Crippen LogP contribution in [0.25, 0.3) is 0 Å². The summed E-state index contributed by atoms with van der Waals surface area (Å²) in [5.41, 5.74) is -0.270. The summed E-state index contributed by atoms with van der Waals surface area (Å²) in [5.74, 6) is -3.16. The molecule has 2 amide bonds. The fourth-order valence-electron chi connectivity index (χ4n) is 5.13. The highest BCUT2D eigenvalue weighted by Crippen LogP contribution is 2.55. The van der Waals surface area contributed by atoms with E-state index in [9.17, 15) is 27.6 Å². The number of alkyl halides is 3. The van der Waals surface area contributed by atoms with Crippen molar-refractivity contribution in [1.82, 2.24) is 4.98 Å². The van der Waals surface area contributed by atoms with Crippen molar-refractivity contribution in [2.75, 3.05) is 4.90 Å². The summed E-state index contributed by atoms with van der Waals surface area (Å²) < 4.78 is 47.8. The van der Waals surface area contributed by atoms with Crippen LogP contribution in [-0.2, 0) is 22.4 Å². The first-order valence-corrected chi connectivity index (χ1v) is 14.1. The van der Waals surface area contributed by atoms with Crippen LogP contribution in [0.1, 0.15) is 27.5 Å². The van der Waals surface area contributed by atoms with Crippen LogP contribution in [0.15, 0.2) is 82.6 Å². The summed E-state index contributed by atoms with van der Waals surface area (Å²) in [6, 6.07) is 18.7. The minimum Gasteiger partial charge on any atom is -0.489 e. The second-order valence-electron chi connectivity index (χ2n) is 9.23. The number of para-hydroxylation sites is 1. The molecule has 40 heavy (non-hydrogen) atoms. The van der Waals surface area contributed by atoms with Crippen LogP contribution in [0.5, 0.6) is 5.75 Å². The van der Waals surface area contributed by atoms with Crippen molar-refractivity contribution in [1.29, 1.82) is 0 Å². The number of carbonyl (C=O) groups excluding carboxylic acids is 2. The van der Waals surface area contributed by atoms with Crippen LogP contribution in [0.4, 0.5) is 18.9 Å². The number of amides is 2. The summed E-state index contributed by atoms with van der Waals surface area (Å²) >= 11 is 8.24. The Morgan fingerprint density at radius 1 is 0.950 bits per heavy atom. The van der Waals surface area contributed by atoms with Gasteiger partial charge in [0, 0.05) is 21.4 Å². The molecule has 1 aromatic heterocycles. The highest BCUT2D eigenvalue weighted by molar-refractivity contribution is 8.00. The number of aromatic amines is 1. The maximum atomic E-state index is 14.0. The Hall–Kier alpha value is -3.54. The Kier molecular flexibility index (Phi) is 6.76. The lowest BCUT2D eigenvalue weighted by Crippen LogP contribution is -2.33. The molecule has 0 spiro atoms. The number of aromatic nitrogens is 1. The van der Waals surface area contributed by atoms with Crippen molar-refractivity contribution in [3.05, 3.63) is 109 Å². The van der Waals surface area contributed by atoms with Crippen LogP contribution >= 0.6 is 34.7 Å². The van der Waals surface area contributed by atoms with Gasteiger partial charge in [-0.15, -0.1) is 0 Å². The van der Waals surface area contributed by atoms with Crippen LogP contribution in [0, 0.1) is 5.92 Å². The number of H-pyrrole nitrogens is 1. The fraction of sp³-hybridized carbons (Fsp3) is 0.179. The molecule has 3 unspecified atom stereocenters. The van der Waals surface area contributed by atoms with Crippen molar-refractivity contribution in [3.63, 3.8) is 0 Å². The Bertz CT molecular complexity index is 1690. The highest BCUT2D eigenvalue weighted by atomic mass is 35.5. The Labute approximate surface area is 238 Å². The average Bonchev–Trinajstić information content (AvgIpc) is 3.42. The van der Waals surface area contributed by atoms with Gasteiger partial charge in [-0.1, -0.05) is 77.2 Å². The largest absolute Gasteiger partial charge is 0.489 e. The molecule has 0 bridgehead atoms. The third-order valence-corrected chi connectivity index (χ3v) is 9.45. The maximum Gasteiger partial charge on any atom is 0.418 e. The Morgan fingerprint density at radius 2 is 1.68 bits per heavy atom. The van der Waals surface area contributed by atoms with Gasteiger partial charge in [0.25, 0.3) is 0 Å². The lowest BCUT2D eigenvalue weighted by atomic mass is 9.82. The van der Waals surface area contributed by atoms with Gasteiger partial charge in [-0.25, -0.2) is 4.90 Å². The van der Waals surface area contributed by atoms with Crippen LogP contribution < -0.4 is 14.5 Å². The number of rotatable bonds is 5. The van der Waals surface area contributed by atoms with Crippen molar-refractivity contribution in [2.24, 2.45) is 5.92 Å². The zero-order chi connectivity index (χ0) is 28.2. The number of nitrogens with one attached hydrogen (secondary N) is 1. The first-order chi connectivity index (χ1) is 19.1. The lowest BCUT2D eigenvalue weighted by molar-refractivity contribution is -0.137. The molecule has 1 saturated heterocycles. The zero-order valence-electron chi connectivity index (χ0n) is 20.3. The summed E-state index contributed by atoms with van der Waals surface area (Å²) in [6.07, 6.45) is -4.79. The summed E-state index contributed by atoms with van der Waals surface area (Å²) in [4.78, 5) is 43.5. The molecule has 4 aromatic rings. The van der Waals surface area contributed by atoms with Gasteiger partial charge >= 0.3 is 11.0 Å². The number of hydrogen-bond acceptors (Lipinski definition) is 6. The van der Waals surface area contributed by atoms with E-state index in [0.29, 0.717) is 31.1 Å². The van der Waals surface area contributed by atoms with E-state index >= 15 is 0 Å². The predicted molar refractivity (Wildman–Crippen MR) is 146 cm³/mol. The van der Waals surface area contributed by atoms with E-state index in [0.717, 1.165) is 40.8 Å². The monoisotopic (exact) mass is 602 g/mol. The third-order valence-electron chi connectivity index (χ3n) is 6.82. The van der Waals surface area contributed by atoms with Crippen molar-refractivity contribution in [2.45, 2.75) is 29.0 Å². The van der Waals surface area contributed by atoms with Gasteiger partial charge in [0.15, 0.2) is 0 Å². The first kappa shape index (κ1) is 26.7. The molecule has 0 saturated carbocycles. The van der Waals surface area contributed by atoms with Crippen molar-refractivity contribution >= 4 is 52.2 Å². The minimum absolute atomic E-state index is 0.194. The number of anilines is 1. The lowest BCUT2D eigenvalue weighted by Gasteiger charge is -2.31. The van der Waals surface area contributed by atoms with Crippen LogP contribution in [-0.4, -0.2) is 22.0 Å². The molecule has 1 N–H and O–H groups in total. The normalized spacial score (nSPS) is 20.4. The molecule has 2 aliphatic heterocycles. The van der Waals surface area contributed by atoms with E-state index in [4.69, 9.17) is 16.3 Å². The molecule has 6 rings (SSSR count). The van der Waals surface area contributed by atoms with E-state index in [1.807, 2.05) is 30.3 Å². The molecule has 0 radical (unpaired) electrons. The van der Waals surface area contributed by atoms with Crippen molar-refractivity contribution in [3.8, 4) is 5.75 Å². The number of hydrogen-bond donors (Lipinski definition) is 1. The number of imide groups is 1. The molecule has 0 aliphatic carbocycles. The van der Waals surface area contributed by atoms with Gasteiger partial charge in [0.05, 0.1) is 22.2 Å². The van der Waals surface area contributed by atoms with Crippen LogP contribution in [0.2, 0.25) is 5.02 Å². The molecule has 3 heterocycles. The molecular formula is C28H18ClF3N2O4S2. The molecular weight excluding hydrogens is 585 g/mol. The first-order valence-electron chi connectivity index (χ1n) is 12.0. The van der Waals surface area contributed by atoms with Gasteiger partial charge < -0.3 is 9.72 Å². The van der Waals surface area contributed by atoms with Gasteiger partial charge in [0.2, 0.25) is 11.8 Å². The van der Waals surface area contributed by atoms with Gasteiger partial charge in [-0.2, -0.15) is 13.2 Å². The maximum absolute atomic E-state index is 14.0. The smallest absolute Gasteiger partial charge is 0.418 e. The van der Waals surface area contributed by atoms with Gasteiger partial charge in [-0.05, 0) is 35.9 Å². The highest BCUT2D eigenvalue weighted by Gasteiger charge is 2.57. The molecule has 3 aromatic carbocycles. The zero-order valence-corrected chi connectivity index (χ0v) is 22.7. The number of nitrogens with zero attached hydrogens (tertiary/aromatic N) is 1. The van der Waals surface area contributed by atoms with Crippen LogP contribution in [0.3, 0.4) is 0 Å².